The molecule has 3 amide bonds. The lowest BCUT2D eigenvalue weighted by atomic mass is 10.0. The van der Waals surface area contributed by atoms with E-state index >= 15 is 0 Å². The molecule has 2 unspecified atom stereocenters. The molecular formula is C20H19ClN8O6S4. The Morgan fingerprint density at radius 1 is 1.41 bits per heavy atom. The number of carboxylic acid groups (broad SMARTS) is 1. The maximum Gasteiger partial charge on any atom is 0.353 e. The van der Waals surface area contributed by atoms with Gasteiger partial charge in [0.1, 0.15) is 27.1 Å². The summed E-state index contributed by atoms with van der Waals surface area (Å²) < 4.78 is 0.0225. The lowest BCUT2D eigenvalue weighted by Crippen LogP contribution is -2.70. The average Bonchev–Trinajstić information content (AvgIpc) is 3.24. The summed E-state index contributed by atoms with van der Waals surface area (Å²) in [6.07, 6.45) is 3.06. The first-order chi connectivity index (χ1) is 18.7. The minimum absolute atomic E-state index is 0.0225. The van der Waals surface area contributed by atoms with Crippen molar-refractivity contribution in [2.75, 3.05) is 17.2 Å². The van der Waals surface area contributed by atoms with Gasteiger partial charge in [-0.15, -0.1) is 28.4 Å². The Hall–Kier alpha value is -2.90. The number of hydrogen-bond donors (Lipinski definition) is 5. The number of rotatable bonds is 12. The molecule has 4 rings (SSSR count). The van der Waals surface area contributed by atoms with Gasteiger partial charge >= 0.3 is 5.97 Å². The van der Waals surface area contributed by atoms with Crippen molar-refractivity contribution in [3.63, 3.8) is 0 Å². The Bertz CT molecular complexity index is 1360. The molecule has 206 valence electrons. The number of amides is 3. The van der Waals surface area contributed by atoms with Crippen molar-refractivity contribution in [2.45, 2.75) is 33.4 Å². The molecule has 19 heteroatoms. The van der Waals surface area contributed by atoms with Gasteiger partial charge < -0.3 is 27.2 Å². The number of nitrogens with two attached hydrogens (primary N) is 2. The number of β-lactam (4-membered cyclic amide) rings is 1. The average molecular weight is 631 g/mol. The zero-order valence-corrected chi connectivity index (χ0v) is 23.5. The van der Waals surface area contributed by atoms with Crippen molar-refractivity contribution in [3.8, 4) is 0 Å². The number of pyridine rings is 1. The van der Waals surface area contributed by atoms with E-state index in [1.54, 1.807) is 18.5 Å². The van der Waals surface area contributed by atoms with E-state index in [2.05, 4.69) is 25.8 Å². The van der Waals surface area contributed by atoms with Crippen molar-refractivity contribution in [1.29, 1.82) is 0 Å². The molecule has 1 saturated heterocycles. The molecule has 2 aliphatic heterocycles. The molecule has 1 fully saturated rings. The van der Waals surface area contributed by atoms with Crippen molar-refractivity contribution in [3.05, 3.63) is 44.0 Å². The van der Waals surface area contributed by atoms with Crippen molar-refractivity contribution >= 4 is 87.5 Å². The molecule has 2 aliphatic rings. The van der Waals surface area contributed by atoms with E-state index in [4.69, 9.17) is 23.1 Å². The van der Waals surface area contributed by atoms with Crippen LogP contribution in [0, 0.1) is 4.91 Å². The van der Waals surface area contributed by atoms with Crippen LogP contribution in [0.15, 0.2) is 44.0 Å². The molecule has 14 nitrogen and oxygen atoms in total. The normalized spacial score (nSPS) is 19.9. The monoisotopic (exact) mass is 630 g/mol. The molecule has 0 saturated carbocycles. The first-order valence-electron chi connectivity index (χ1n) is 10.8. The Morgan fingerprint density at radius 2 is 2.18 bits per heavy atom. The summed E-state index contributed by atoms with van der Waals surface area (Å²) >= 11 is 10.6. The second-order valence-electron chi connectivity index (χ2n) is 7.82. The fourth-order valence-corrected chi connectivity index (χ4v) is 8.17. The summed E-state index contributed by atoms with van der Waals surface area (Å²) in [6, 6.07) is -1.00. The maximum atomic E-state index is 13.0. The van der Waals surface area contributed by atoms with Gasteiger partial charge in [0, 0.05) is 38.6 Å². The van der Waals surface area contributed by atoms with Crippen LogP contribution in [0.3, 0.4) is 0 Å². The highest BCUT2D eigenvalue weighted by Crippen LogP contribution is 2.46. The summed E-state index contributed by atoms with van der Waals surface area (Å²) in [5.41, 5.74) is 11.1. The van der Waals surface area contributed by atoms with Crippen LogP contribution >= 0.6 is 58.2 Å². The summed E-state index contributed by atoms with van der Waals surface area (Å²) in [5.74, 6) is -2.28. The van der Waals surface area contributed by atoms with Crippen LogP contribution in [0.25, 0.3) is 0 Å². The van der Waals surface area contributed by atoms with Crippen LogP contribution in [-0.4, -0.2) is 73.3 Å². The van der Waals surface area contributed by atoms with Crippen molar-refractivity contribution in [2.24, 2.45) is 10.9 Å². The van der Waals surface area contributed by atoms with E-state index in [9.17, 15) is 29.2 Å². The Labute approximate surface area is 242 Å². The SMILES string of the molecule is Nc1nc(C(N=O)C(=O)N[C@@H]2C(=O)N3C(C(=O)O)=C(Sc4ccncc4SCC(N)NC=O)CS[C@@H]23)c(Cl)s1. The topological polar surface area (TPSA) is 223 Å². The van der Waals surface area contributed by atoms with Gasteiger partial charge in [-0.25, -0.2) is 9.78 Å². The molecule has 2 aromatic rings. The van der Waals surface area contributed by atoms with Gasteiger partial charge in [0.25, 0.3) is 11.8 Å². The fourth-order valence-electron chi connectivity index (χ4n) is 3.63. The maximum absolute atomic E-state index is 13.0. The lowest BCUT2D eigenvalue weighted by molar-refractivity contribution is -0.150. The standard InChI is InChI=1S/C20H19ClN8O6S4/c21-15-11(27-20(23)39-15)12(28-35)16(31)26-13-17(32)29-14(19(33)34)9(4-37-18(13)29)38-7-1-2-24-3-8(7)36-5-10(22)25-6-30/h1-3,6,10,12-13,18H,4-5,22H2,(H2,23,27)(H,25,30)(H,26,31)(H,33,34)/t10?,12?,13-,18+/m1/s1. The number of thioether (sulfide) groups is 3. The first kappa shape index (κ1) is 29.1. The van der Waals surface area contributed by atoms with Crippen molar-refractivity contribution in [1.82, 2.24) is 25.5 Å². The number of fused-ring (bicyclic) bond motifs is 1. The van der Waals surface area contributed by atoms with Gasteiger partial charge in [-0.2, -0.15) is 0 Å². The quantitative estimate of drug-likeness (QED) is 0.0731. The van der Waals surface area contributed by atoms with Gasteiger partial charge in [0.05, 0.1) is 6.17 Å². The van der Waals surface area contributed by atoms with Crippen LogP contribution in [0.5, 0.6) is 0 Å². The van der Waals surface area contributed by atoms with Gasteiger partial charge in [0.2, 0.25) is 12.5 Å². The highest BCUT2D eigenvalue weighted by Gasteiger charge is 2.55. The van der Waals surface area contributed by atoms with E-state index in [0.717, 1.165) is 16.2 Å². The van der Waals surface area contributed by atoms with E-state index in [-0.39, 0.29) is 26.6 Å². The molecule has 2 aromatic heterocycles. The number of halogens is 1. The third-order valence-electron chi connectivity index (χ3n) is 5.35. The zero-order valence-electron chi connectivity index (χ0n) is 19.5. The van der Waals surface area contributed by atoms with Crippen LogP contribution in [0.4, 0.5) is 5.13 Å². The number of carboxylic acids is 1. The number of nitrogens with zero attached hydrogens (tertiary/aromatic N) is 4. The molecule has 0 radical (unpaired) electrons. The van der Waals surface area contributed by atoms with Crippen molar-refractivity contribution < 1.29 is 24.3 Å². The van der Waals surface area contributed by atoms with Gasteiger partial charge in [0.15, 0.2) is 5.13 Å². The molecule has 0 aromatic carbocycles. The highest BCUT2D eigenvalue weighted by molar-refractivity contribution is 8.07. The smallest absolute Gasteiger partial charge is 0.353 e. The first-order valence-corrected chi connectivity index (χ1v) is 14.9. The van der Waals surface area contributed by atoms with Crippen LogP contribution in [0.2, 0.25) is 4.34 Å². The van der Waals surface area contributed by atoms with Gasteiger partial charge in [-0.1, -0.05) is 34.7 Å². The summed E-state index contributed by atoms with van der Waals surface area (Å²) in [5, 5.41) is 17.0. The number of carbonyl (C=O) groups excluding carboxylic acids is 3. The molecule has 4 atom stereocenters. The molecule has 0 aliphatic carbocycles. The highest BCUT2D eigenvalue weighted by atomic mass is 35.5. The molecule has 0 spiro atoms. The third-order valence-corrected chi connectivity index (χ3v) is 10.4. The number of carbonyl (C=O) groups is 4. The second-order valence-corrected chi connectivity index (χ2v) is 12.8. The number of thiazole rings is 1. The van der Waals surface area contributed by atoms with Gasteiger partial charge in [-0.05, 0) is 11.2 Å². The Kier molecular flexibility index (Phi) is 9.34. The Balaban J connectivity index is 1.51. The van der Waals surface area contributed by atoms with Crippen LogP contribution in [0.1, 0.15) is 11.7 Å². The number of aromatic nitrogens is 2. The van der Waals surface area contributed by atoms with E-state index in [1.165, 1.54) is 35.3 Å². The molecule has 0 bridgehead atoms. The second kappa shape index (κ2) is 12.5. The van der Waals surface area contributed by atoms with Gasteiger partial charge in [-0.3, -0.25) is 24.3 Å². The molecule has 7 N–H and O–H groups in total. The number of hydrogen-bond acceptors (Lipinski definition) is 14. The Morgan fingerprint density at radius 3 is 2.82 bits per heavy atom. The lowest BCUT2D eigenvalue weighted by Gasteiger charge is -2.49. The molecule has 4 heterocycles. The molecule has 39 heavy (non-hydrogen) atoms. The van der Waals surface area contributed by atoms with E-state index in [0.29, 0.717) is 26.9 Å². The summed E-state index contributed by atoms with van der Waals surface area (Å²) in [6.45, 7) is 0. The van der Waals surface area contributed by atoms with E-state index < -0.39 is 41.4 Å². The minimum atomic E-state index is -1.63. The molecular weight excluding hydrogens is 612 g/mol. The minimum Gasteiger partial charge on any atom is -0.477 e. The predicted octanol–water partition coefficient (Wildman–Crippen LogP) is 1.19. The third kappa shape index (κ3) is 6.15. The zero-order chi connectivity index (χ0) is 28.3. The predicted molar refractivity (Wildman–Crippen MR) is 148 cm³/mol. The fraction of sp³-hybridized carbons (Fsp3) is 0.300. The summed E-state index contributed by atoms with van der Waals surface area (Å²) in [7, 11) is 0. The van der Waals surface area contributed by atoms with E-state index in [1.807, 2.05) is 0 Å². The number of anilines is 1. The summed E-state index contributed by atoms with van der Waals surface area (Å²) in [4.78, 5) is 70.9. The van der Waals surface area contributed by atoms with Crippen LogP contribution < -0.4 is 22.1 Å². The number of nitrogen functional groups attached to an aromatic ring is 1. The number of aliphatic carboxylic acids is 1. The largest absolute Gasteiger partial charge is 0.477 e. The van der Waals surface area contributed by atoms with Crippen LogP contribution in [-0.2, 0) is 19.2 Å². The number of nitrogens with one attached hydrogen (secondary N) is 2. The number of nitroso groups, excluding NO2 is 1.